The highest BCUT2D eigenvalue weighted by molar-refractivity contribution is 9.10. The first-order valence-corrected chi connectivity index (χ1v) is 7.31. The Labute approximate surface area is 127 Å². The van der Waals surface area contributed by atoms with Crippen molar-refractivity contribution in [1.29, 1.82) is 0 Å². The van der Waals surface area contributed by atoms with Gasteiger partial charge in [0.15, 0.2) is 0 Å². The number of anilines is 2. The van der Waals surface area contributed by atoms with E-state index in [1.165, 1.54) is 5.56 Å². The third-order valence-corrected chi connectivity index (χ3v) is 3.28. The van der Waals surface area contributed by atoms with Crippen LogP contribution in [0.2, 0.25) is 0 Å². The summed E-state index contributed by atoms with van der Waals surface area (Å²) >= 11 is 3.43. The molecule has 0 aliphatic heterocycles. The lowest BCUT2D eigenvalue weighted by Crippen LogP contribution is -2.14. The molecule has 6 heteroatoms. The monoisotopic (exact) mass is 335 g/mol. The molecule has 0 aliphatic carbocycles. The molecule has 4 N–H and O–H groups in total. The Morgan fingerprint density at radius 1 is 1.00 bits per heavy atom. The van der Waals surface area contributed by atoms with Gasteiger partial charge in [-0.25, -0.2) is 9.97 Å². The average molecular weight is 336 g/mol. The summed E-state index contributed by atoms with van der Waals surface area (Å²) in [5.74, 6) is 1.60. The topological polar surface area (TPSA) is 75.9 Å². The molecular weight excluding hydrogens is 318 g/mol. The lowest BCUT2D eigenvalue weighted by Gasteiger charge is -2.08. The number of nitrogens with two attached hydrogens (primary N) is 1. The summed E-state index contributed by atoms with van der Waals surface area (Å²) < 4.78 is 1.10. The van der Waals surface area contributed by atoms with E-state index in [1.54, 1.807) is 6.33 Å². The zero-order valence-corrected chi connectivity index (χ0v) is 12.7. The van der Waals surface area contributed by atoms with Gasteiger partial charge in [-0.1, -0.05) is 28.1 Å². The highest BCUT2D eigenvalue weighted by Gasteiger charge is 1.98. The van der Waals surface area contributed by atoms with Gasteiger partial charge >= 0.3 is 0 Å². The highest BCUT2D eigenvalue weighted by Crippen LogP contribution is 2.12. The molecule has 0 unspecified atom stereocenters. The molecule has 106 valence electrons. The van der Waals surface area contributed by atoms with Gasteiger partial charge in [-0.3, -0.25) is 0 Å². The molecule has 0 spiro atoms. The number of nitrogens with one attached hydrogen (secondary N) is 2. The number of benzene rings is 1. The van der Waals surface area contributed by atoms with Crippen LogP contribution >= 0.6 is 15.9 Å². The third-order valence-electron chi connectivity index (χ3n) is 2.75. The Bertz CT molecular complexity index is 529. The van der Waals surface area contributed by atoms with E-state index in [9.17, 15) is 0 Å². The van der Waals surface area contributed by atoms with Gasteiger partial charge in [0.1, 0.15) is 18.0 Å². The van der Waals surface area contributed by atoms with Crippen LogP contribution in [0.1, 0.15) is 5.56 Å². The van der Waals surface area contributed by atoms with Gasteiger partial charge in [-0.15, -0.1) is 0 Å². The summed E-state index contributed by atoms with van der Waals surface area (Å²) in [6.45, 7) is 2.11. The van der Waals surface area contributed by atoms with Gasteiger partial charge < -0.3 is 16.4 Å². The molecule has 0 radical (unpaired) electrons. The molecule has 0 bridgehead atoms. The van der Waals surface area contributed by atoms with Crippen LogP contribution in [0.3, 0.4) is 0 Å². The van der Waals surface area contributed by atoms with Crippen LogP contribution in [0, 0.1) is 0 Å². The maximum Gasteiger partial charge on any atom is 0.131 e. The Morgan fingerprint density at radius 2 is 1.65 bits per heavy atom. The maximum atomic E-state index is 5.44. The smallest absolute Gasteiger partial charge is 0.131 e. The van der Waals surface area contributed by atoms with Crippen LogP contribution in [-0.4, -0.2) is 29.6 Å². The predicted octanol–water partition coefficient (Wildman–Crippen LogP) is 2.26. The summed E-state index contributed by atoms with van der Waals surface area (Å²) in [5.41, 5.74) is 6.73. The second-order valence-electron chi connectivity index (χ2n) is 4.31. The molecule has 0 aliphatic rings. The summed E-state index contributed by atoms with van der Waals surface area (Å²) in [5, 5.41) is 6.42. The van der Waals surface area contributed by atoms with Crippen molar-refractivity contribution in [3.05, 3.63) is 46.7 Å². The van der Waals surface area contributed by atoms with E-state index in [1.807, 2.05) is 6.07 Å². The first-order chi connectivity index (χ1) is 9.78. The molecule has 0 saturated heterocycles. The summed E-state index contributed by atoms with van der Waals surface area (Å²) in [7, 11) is 0. The molecule has 0 amide bonds. The molecule has 20 heavy (non-hydrogen) atoms. The highest BCUT2D eigenvalue weighted by atomic mass is 79.9. The second kappa shape index (κ2) is 7.81. The molecule has 2 aromatic rings. The van der Waals surface area contributed by atoms with Crippen molar-refractivity contribution in [3.8, 4) is 0 Å². The summed E-state index contributed by atoms with van der Waals surface area (Å²) in [4.78, 5) is 8.32. The molecule has 0 atom stereocenters. The van der Waals surface area contributed by atoms with Crippen LogP contribution in [0.25, 0.3) is 0 Å². The molecule has 5 nitrogen and oxygen atoms in total. The lowest BCUT2D eigenvalue weighted by molar-refractivity contribution is 0.985. The van der Waals surface area contributed by atoms with E-state index in [-0.39, 0.29) is 0 Å². The third kappa shape index (κ3) is 4.79. The summed E-state index contributed by atoms with van der Waals surface area (Å²) in [6.07, 6.45) is 2.49. The number of nitrogens with zero attached hydrogens (tertiary/aromatic N) is 2. The average Bonchev–Trinajstić information content (AvgIpc) is 2.48. The first-order valence-electron chi connectivity index (χ1n) is 6.52. The van der Waals surface area contributed by atoms with E-state index in [2.05, 4.69) is 60.8 Å². The van der Waals surface area contributed by atoms with Crippen molar-refractivity contribution in [2.75, 3.05) is 30.3 Å². The molecule has 1 heterocycles. The van der Waals surface area contributed by atoms with Crippen molar-refractivity contribution >= 4 is 27.6 Å². The number of aromatic nitrogens is 2. The van der Waals surface area contributed by atoms with Crippen LogP contribution in [0.15, 0.2) is 41.1 Å². The Hall–Kier alpha value is -1.66. The van der Waals surface area contributed by atoms with Crippen LogP contribution in [-0.2, 0) is 6.42 Å². The zero-order valence-electron chi connectivity index (χ0n) is 11.1. The number of halogens is 1. The Kier molecular flexibility index (Phi) is 5.76. The lowest BCUT2D eigenvalue weighted by atomic mass is 10.1. The van der Waals surface area contributed by atoms with Crippen LogP contribution < -0.4 is 16.4 Å². The van der Waals surface area contributed by atoms with Gasteiger partial charge in [-0.05, 0) is 24.1 Å². The minimum Gasteiger partial charge on any atom is -0.370 e. The Balaban J connectivity index is 1.82. The van der Waals surface area contributed by atoms with E-state index in [0.29, 0.717) is 13.1 Å². The number of hydrogen-bond donors (Lipinski definition) is 3. The van der Waals surface area contributed by atoms with E-state index >= 15 is 0 Å². The van der Waals surface area contributed by atoms with Crippen molar-refractivity contribution < 1.29 is 0 Å². The van der Waals surface area contributed by atoms with Crippen molar-refractivity contribution in [2.45, 2.75) is 6.42 Å². The molecule has 0 saturated carbocycles. The fourth-order valence-corrected chi connectivity index (χ4v) is 2.00. The fourth-order valence-electron chi connectivity index (χ4n) is 1.74. The van der Waals surface area contributed by atoms with Gasteiger partial charge in [0.25, 0.3) is 0 Å². The van der Waals surface area contributed by atoms with Gasteiger partial charge in [-0.2, -0.15) is 0 Å². The SMILES string of the molecule is NCCNc1cc(NCCc2ccc(Br)cc2)ncn1. The minimum absolute atomic E-state index is 0.580. The number of hydrogen-bond acceptors (Lipinski definition) is 5. The maximum absolute atomic E-state index is 5.44. The molecule has 1 aromatic heterocycles. The van der Waals surface area contributed by atoms with Gasteiger partial charge in [0.2, 0.25) is 0 Å². The number of rotatable bonds is 7. The fraction of sp³-hybridized carbons (Fsp3) is 0.286. The van der Waals surface area contributed by atoms with Crippen molar-refractivity contribution in [2.24, 2.45) is 5.73 Å². The second-order valence-corrected chi connectivity index (χ2v) is 5.22. The van der Waals surface area contributed by atoms with E-state index < -0.39 is 0 Å². The van der Waals surface area contributed by atoms with Gasteiger partial charge in [0, 0.05) is 30.2 Å². The first kappa shape index (κ1) is 14.7. The normalized spacial score (nSPS) is 10.3. The molecule has 2 rings (SSSR count). The standard InChI is InChI=1S/C14H18BrN5/c15-12-3-1-11(2-4-12)5-7-17-13-9-14(18-8-6-16)20-10-19-13/h1-4,9-10H,5-8,16H2,(H2,17,18,19,20). The van der Waals surface area contributed by atoms with E-state index in [4.69, 9.17) is 5.73 Å². The Morgan fingerprint density at radius 3 is 2.30 bits per heavy atom. The van der Waals surface area contributed by atoms with E-state index in [0.717, 1.165) is 29.1 Å². The van der Waals surface area contributed by atoms with Crippen LogP contribution in [0.5, 0.6) is 0 Å². The molecule has 0 fully saturated rings. The zero-order chi connectivity index (χ0) is 14.2. The predicted molar refractivity (Wildman–Crippen MR) is 85.9 cm³/mol. The van der Waals surface area contributed by atoms with Crippen LogP contribution in [0.4, 0.5) is 11.6 Å². The van der Waals surface area contributed by atoms with Gasteiger partial charge in [0.05, 0.1) is 0 Å². The minimum atomic E-state index is 0.580. The largest absolute Gasteiger partial charge is 0.370 e. The van der Waals surface area contributed by atoms with Crippen molar-refractivity contribution in [1.82, 2.24) is 9.97 Å². The molecule has 1 aromatic carbocycles. The molecular formula is C14H18BrN5. The summed E-state index contributed by atoms with van der Waals surface area (Å²) in [6, 6.07) is 10.2. The van der Waals surface area contributed by atoms with Crippen molar-refractivity contribution in [3.63, 3.8) is 0 Å². The quantitative estimate of drug-likeness (QED) is 0.723.